The normalized spacial score (nSPS) is 9.80. The van der Waals surface area contributed by atoms with Crippen LogP contribution in [0.2, 0.25) is 0 Å². The van der Waals surface area contributed by atoms with Crippen molar-refractivity contribution in [1.29, 1.82) is 0 Å². The average Bonchev–Trinajstić information content (AvgIpc) is 2.55. The number of benzene rings is 2. The lowest BCUT2D eigenvalue weighted by molar-refractivity contribution is 0.280. The fraction of sp³-hybridized carbons (Fsp3) is 0.333. The van der Waals surface area contributed by atoms with Crippen molar-refractivity contribution in [1.82, 2.24) is 0 Å². The van der Waals surface area contributed by atoms with E-state index in [0.717, 1.165) is 23.7 Å². The zero-order valence-corrected chi connectivity index (χ0v) is 13.9. The molecule has 0 radical (unpaired) electrons. The van der Waals surface area contributed by atoms with Gasteiger partial charge in [-0.1, -0.05) is 78.3 Å². The molecule has 0 fully saturated rings. The fourth-order valence-electron chi connectivity index (χ4n) is 2.09. The maximum Gasteiger partial charge on any atom is 0.0684 e. The van der Waals surface area contributed by atoms with Gasteiger partial charge >= 0.3 is 0 Å². The van der Waals surface area contributed by atoms with Crippen LogP contribution in [0.1, 0.15) is 36.1 Å². The molecule has 2 rings (SSSR count). The first-order valence-electron chi connectivity index (χ1n) is 7.07. The standard InChI is InChI=1S/C9H11Br.C9H12O/c2*1-2-8-5-3-4-6-9(8)7-10/h3-6H,2,7H2,1H3;3-6,10H,2,7H2,1H3. The van der Waals surface area contributed by atoms with Gasteiger partial charge in [-0.2, -0.15) is 0 Å². The van der Waals surface area contributed by atoms with E-state index in [-0.39, 0.29) is 6.61 Å². The summed E-state index contributed by atoms with van der Waals surface area (Å²) in [5, 5.41) is 9.82. The molecule has 0 aliphatic rings. The Morgan fingerprint density at radius 2 is 1.15 bits per heavy atom. The molecule has 0 aliphatic carbocycles. The monoisotopic (exact) mass is 334 g/mol. The Morgan fingerprint density at radius 3 is 1.45 bits per heavy atom. The molecule has 0 heterocycles. The highest BCUT2D eigenvalue weighted by Crippen LogP contribution is 2.12. The van der Waals surface area contributed by atoms with Gasteiger partial charge in [0, 0.05) is 5.33 Å². The minimum Gasteiger partial charge on any atom is -0.392 e. The molecule has 0 saturated carbocycles. The van der Waals surface area contributed by atoms with Crippen LogP contribution in [0.3, 0.4) is 0 Å². The topological polar surface area (TPSA) is 20.2 Å². The number of hydrogen-bond acceptors (Lipinski definition) is 1. The molecule has 0 aliphatic heterocycles. The molecule has 20 heavy (non-hydrogen) atoms. The number of aryl methyl sites for hydroxylation is 2. The molecule has 108 valence electrons. The molecule has 2 heteroatoms. The largest absolute Gasteiger partial charge is 0.392 e. The third-order valence-electron chi connectivity index (χ3n) is 3.31. The maximum absolute atomic E-state index is 8.85. The number of hydrogen-bond donors (Lipinski definition) is 1. The Kier molecular flexibility index (Phi) is 8.24. The number of aliphatic hydroxyl groups is 1. The van der Waals surface area contributed by atoms with E-state index in [1.165, 1.54) is 16.7 Å². The predicted octanol–water partition coefficient (Wildman–Crippen LogP) is 4.89. The van der Waals surface area contributed by atoms with Crippen molar-refractivity contribution in [3.63, 3.8) is 0 Å². The predicted molar refractivity (Wildman–Crippen MR) is 90.2 cm³/mol. The molecule has 0 saturated heterocycles. The minimum absolute atomic E-state index is 0.157. The minimum atomic E-state index is 0.157. The first-order chi connectivity index (χ1) is 9.76. The number of halogens is 1. The summed E-state index contributed by atoms with van der Waals surface area (Å²) in [5.74, 6) is 0. The Bertz CT molecular complexity index is 415. The van der Waals surface area contributed by atoms with E-state index in [1.807, 2.05) is 24.3 Å². The smallest absolute Gasteiger partial charge is 0.0684 e. The second-order valence-electron chi connectivity index (χ2n) is 4.54. The van der Waals surface area contributed by atoms with E-state index in [9.17, 15) is 0 Å². The summed E-state index contributed by atoms with van der Waals surface area (Å²) >= 11 is 3.45. The summed E-state index contributed by atoms with van der Waals surface area (Å²) in [7, 11) is 0. The van der Waals surface area contributed by atoms with Crippen molar-refractivity contribution in [2.75, 3.05) is 0 Å². The van der Waals surface area contributed by atoms with Crippen LogP contribution >= 0.6 is 15.9 Å². The second-order valence-corrected chi connectivity index (χ2v) is 5.10. The van der Waals surface area contributed by atoms with Gasteiger partial charge in [-0.3, -0.25) is 0 Å². The van der Waals surface area contributed by atoms with Gasteiger partial charge in [-0.15, -0.1) is 0 Å². The SMILES string of the molecule is CCc1ccccc1CBr.CCc1ccccc1CO. The van der Waals surface area contributed by atoms with Crippen LogP contribution in [-0.2, 0) is 24.8 Å². The van der Waals surface area contributed by atoms with Crippen molar-refractivity contribution >= 4 is 15.9 Å². The highest BCUT2D eigenvalue weighted by atomic mass is 79.9. The van der Waals surface area contributed by atoms with Gasteiger partial charge < -0.3 is 5.11 Å². The highest BCUT2D eigenvalue weighted by Gasteiger charge is 1.95. The van der Waals surface area contributed by atoms with E-state index < -0.39 is 0 Å². The first-order valence-corrected chi connectivity index (χ1v) is 8.19. The van der Waals surface area contributed by atoms with Crippen molar-refractivity contribution < 1.29 is 5.11 Å². The molecule has 1 N–H and O–H groups in total. The number of aliphatic hydroxyl groups excluding tert-OH is 1. The van der Waals surface area contributed by atoms with E-state index in [2.05, 4.69) is 54.0 Å². The van der Waals surface area contributed by atoms with Crippen molar-refractivity contribution in [2.24, 2.45) is 0 Å². The zero-order chi connectivity index (χ0) is 14.8. The molecule has 0 spiro atoms. The van der Waals surface area contributed by atoms with Gasteiger partial charge in [0.25, 0.3) is 0 Å². The molecule has 0 bridgehead atoms. The molecule has 0 unspecified atom stereocenters. The van der Waals surface area contributed by atoms with Crippen molar-refractivity contribution in [2.45, 2.75) is 38.6 Å². The summed E-state index contributed by atoms with van der Waals surface area (Å²) in [4.78, 5) is 0. The summed E-state index contributed by atoms with van der Waals surface area (Å²) in [5.41, 5.74) is 5.14. The highest BCUT2D eigenvalue weighted by molar-refractivity contribution is 9.08. The first kappa shape index (κ1) is 16.9. The van der Waals surface area contributed by atoms with Gasteiger partial charge in [-0.05, 0) is 35.1 Å². The maximum atomic E-state index is 8.85. The fourth-order valence-corrected chi connectivity index (χ4v) is 2.64. The lowest BCUT2D eigenvalue weighted by atomic mass is 10.1. The summed E-state index contributed by atoms with van der Waals surface area (Å²) in [6.07, 6.45) is 2.12. The van der Waals surface area contributed by atoms with Crippen LogP contribution in [-0.4, -0.2) is 5.11 Å². The molecule has 0 aromatic heterocycles. The molecule has 2 aromatic rings. The van der Waals surface area contributed by atoms with Gasteiger partial charge in [-0.25, -0.2) is 0 Å². The molecule has 1 nitrogen and oxygen atoms in total. The Hall–Kier alpha value is -1.12. The Labute approximate surface area is 130 Å². The van der Waals surface area contributed by atoms with Crippen LogP contribution in [0.15, 0.2) is 48.5 Å². The Morgan fingerprint density at radius 1 is 0.750 bits per heavy atom. The van der Waals surface area contributed by atoms with Gasteiger partial charge in [0.2, 0.25) is 0 Å². The van der Waals surface area contributed by atoms with Gasteiger partial charge in [0.15, 0.2) is 0 Å². The third kappa shape index (κ3) is 5.10. The summed E-state index contributed by atoms with van der Waals surface area (Å²) in [6, 6.07) is 16.5. The van der Waals surface area contributed by atoms with E-state index in [0.29, 0.717) is 0 Å². The van der Waals surface area contributed by atoms with E-state index in [1.54, 1.807) is 0 Å². The van der Waals surface area contributed by atoms with Gasteiger partial charge in [0.05, 0.1) is 6.61 Å². The second kappa shape index (κ2) is 9.73. The Balaban J connectivity index is 0.000000200. The number of rotatable bonds is 4. The lowest BCUT2D eigenvalue weighted by Gasteiger charge is -2.01. The molecular weight excluding hydrogens is 312 g/mol. The summed E-state index contributed by atoms with van der Waals surface area (Å²) < 4.78 is 0. The molecule has 2 aromatic carbocycles. The van der Waals surface area contributed by atoms with Crippen LogP contribution in [0.25, 0.3) is 0 Å². The van der Waals surface area contributed by atoms with Crippen molar-refractivity contribution in [3.05, 3.63) is 70.8 Å². The van der Waals surface area contributed by atoms with Gasteiger partial charge in [0.1, 0.15) is 0 Å². The quantitative estimate of drug-likeness (QED) is 0.789. The third-order valence-corrected chi connectivity index (χ3v) is 3.92. The molecule has 0 atom stereocenters. The van der Waals surface area contributed by atoms with Crippen LogP contribution in [0.5, 0.6) is 0 Å². The average molecular weight is 335 g/mol. The van der Waals surface area contributed by atoms with Crippen LogP contribution < -0.4 is 0 Å². The molecule has 0 amide bonds. The summed E-state index contributed by atoms with van der Waals surface area (Å²) in [6.45, 7) is 4.43. The number of alkyl halides is 1. The zero-order valence-electron chi connectivity index (χ0n) is 12.3. The molecular formula is C18H23BrO. The van der Waals surface area contributed by atoms with E-state index in [4.69, 9.17) is 5.11 Å². The van der Waals surface area contributed by atoms with Crippen LogP contribution in [0, 0.1) is 0 Å². The van der Waals surface area contributed by atoms with Crippen molar-refractivity contribution in [3.8, 4) is 0 Å². The lowest BCUT2D eigenvalue weighted by Crippen LogP contribution is -1.90. The van der Waals surface area contributed by atoms with E-state index >= 15 is 0 Å². The van der Waals surface area contributed by atoms with Crippen LogP contribution in [0.4, 0.5) is 0 Å².